The number of thioether (sulfide) groups is 1. The van der Waals surface area contributed by atoms with E-state index >= 15 is 0 Å². The van der Waals surface area contributed by atoms with E-state index in [9.17, 15) is 9.59 Å². The largest absolute Gasteiger partial charge is 0.476 e. The lowest BCUT2D eigenvalue weighted by Crippen LogP contribution is -2.40. The van der Waals surface area contributed by atoms with E-state index < -0.39 is 5.97 Å². The molecule has 0 unspecified atom stereocenters. The Balaban J connectivity index is 1.61. The van der Waals surface area contributed by atoms with Gasteiger partial charge in [0.25, 0.3) is 0 Å². The van der Waals surface area contributed by atoms with Gasteiger partial charge < -0.3 is 20.3 Å². The highest BCUT2D eigenvalue weighted by atomic mass is 32.2. The molecule has 0 spiro atoms. The third kappa shape index (κ3) is 5.30. The lowest BCUT2D eigenvalue weighted by atomic mass is 10.0. The summed E-state index contributed by atoms with van der Waals surface area (Å²) in [4.78, 5) is 26.1. The second-order valence-corrected chi connectivity index (χ2v) is 6.22. The van der Waals surface area contributed by atoms with Gasteiger partial charge in [-0.15, -0.1) is 0 Å². The van der Waals surface area contributed by atoms with Gasteiger partial charge in [-0.25, -0.2) is 14.6 Å². The molecule has 1 saturated heterocycles. The number of carbonyl (C=O) groups is 2. The molecule has 0 bridgehead atoms. The number of nitrogens with zero attached hydrogens (tertiary/aromatic N) is 2. The fourth-order valence-electron chi connectivity index (χ4n) is 2.14. The highest BCUT2D eigenvalue weighted by Gasteiger charge is 2.14. The number of carbonyl (C=O) groups excluding carboxylic acids is 1. The first-order valence-electron chi connectivity index (χ1n) is 6.99. The van der Waals surface area contributed by atoms with Crippen LogP contribution in [0, 0.1) is 5.92 Å². The van der Waals surface area contributed by atoms with Crippen molar-refractivity contribution in [1.29, 1.82) is 0 Å². The number of carboxylic acids is 1. The molecular formula is C13H20N4O3S. The Labute approximate surface area is 127 Å². The van der Waals surface area contributed by atoms with Gasteiger partial charge >= 0.3 is 12.0 Å². The van der Waals surface area contributed by atoms with Crippen molar-refractivity contribution < 1.29 is 14.7 Å². The maximum Gasteiger partial charge on any atom is 0.356 e. The molecule has 21 heavy (non-hydrogen) atoms. The summed E-state index contributed by atoms with van der Waals surface area (Å²) in [6.45, 7) is 1.65. The highest BCUT2D eigenvalue weighted by Crippen LogP contribution is 2.21. The van der Waals surface area contributed by atoms with Crippen LogP contribution in [0.2, 0.25) is 0 Å². The molecule has 0 saturated carbocycles. The van der Waals surface area contributed by atoms with E-state index in [-0.39, 0.29) is 11.7 Å². The molecule has 3 N–H and O–H groups in total. The molecular weight excluding hydrogens is 292 g/mol. The Kier molecular flexibility index (Phi) is 5.91. The predicted molar refractivity (Wildman–Crippen MR) is 80.6 cm³/mol. The van der Waals surface area contributed by atoms with Gasteiger partial charge in [-0.2, -0.15) is 11.8 Å². The first kappa shape index (κ1) is 15.7. The van der Waals surface area contributed by atoms with Crippen LogP contribution in [0.1, 0.15) is 23.3 Å². The molecule has 0 radical (unpaired) electrons. The highest BCUT2D eigenvalue weighted by molar-refractivity contribution is 7.99. The van der Waals surface area contributed by atoms with Crippen LogP contribution in [-0.4, -0.2) is 51.3 Å². The molecule has 2 heterocycles. The van der Waals surface area contributed by atoms with Gasteiger partial charge in [-0.3, -0.25) is 0 Å². The fourth-order valence-corrected chi connectivity index (χ4v) is 3.35. The Morgan fingerprint density at radius 1 is 1.38 bits per heavy atom. The lowest BCUT2D eigenvalue weighted by molar-refractivity contribution is 0.0691. The SMILES string of the molecule is O=C(NCCn1cnc(C(=O)O)c1)NCC1CCSCC1. The zero-order valence-corrected chi connectivity index (χ0v) is 12.6. The van der Waals surface area contributed by atoms with Crippen molar-refractivity contribution in [2.75, 3.05) is 24.6 Å². The lowest BCUT2D eigenvalue weighted by Gasteiger charge is -2.21. The van der Waals surface area contributed by atoms with Gasteiger partial charge in [0, 0.05) is 25.8 Å². The maximum atomic E-state index is 11.6. The Morgan fingerprint density at radius 3 is 2.81 bits per heavy atom. The van der Waals surface area contributed by atoms with E-state index in [0.717, 1.165) is 19.4 Å². The van der Waals surface area contributed by atoms with Crippen molar-refractivity contribution in [3.05, 3.63) is 18.2 Å². The Hall–Kier alpha value is -1.70. The molecule has 7 nitrogen and oxygen atoms in total. The summed E-state index contributed by atoms with van der Waals surface area (Å²) >= 11 is 1.97. The van der Waals surface area contributed by atoms with Crippen LogP contribution in [0.15, 0.2) is 12.5 Å². The van der Waals surface area contributed by atoms with Crippen molar-refractivity contribution in [2.45, 2.75) is 19.4 Å². The Bertz CT molecular complexity index is 486. The summed E-state index contributed by atoms with van der Waals surface area (Å²) in [5.74, 6) is 1.90. The first-order valence-corrected chi connectivity index (χ1v) is 8.15. The standard InChI is InChI=1S/C13H20N4O3S/c18-12(19)11-8-17(9-16-11)4-3-14-13(20)15-7-10-1-5-21-6-2-10/h8-10H,1-7H2,(H,18,19)(H2,14,15,20). The van der Waals surface area contributed by atoms with Gasteiger partial charge in [0.1, 0.15) is 0 Å². The van der Waals surface area contributed by atoms with Gasteiger partial charge in [0.15, 0.2) is 5.69 Å². The molecule has 8 heteroatoms. The predicted octanol–water partition coefficient (Wildman–Crippen LogP) is 1.02. The number of rotatable bonds is 6. The van der Waals surface area contributed by atoms with Crippen LogP contribution in [0.3, 0.4) is 0 Å². The zero-order chi connectivity index (χ0) is 15.1. The van der Waals surface area contributed by atoms with E-state index in [4.69, 9.17) is 5.11 Å². The molecule has 1 fully saturated rings. The fraction of sp³-hybridized carbons (Fsp3) is 0.615. The van der Waals surface area contributed by atoms with Crippen molar-refractivity contribution in [1.82, 2.24) is 20.2 Å². The van der Waals surface area contributed by atoms with Crippen LogP contribution in [0.4, 0.5) is 4.79 Å². The third-order valence-electron chi connectivity index (χ3n) is 3.40. The van der Waals surface area contributed by atoms with E-state index in [1.165, 1.54) is 24.0 Å². The number of aromatic carboxylic acids is 1. The van der Waals surface area contributed by atoms with Crippen molar-refractivity contribution >= 4 is 23.8 Å². The third-order valence-corrected chi connectivity index (χ3v) is 4.45. The van der Waals surface area contributed by atoms with Crippen LogP contribution in [-0.2, 0) is 6.54 Å². The van der Waals surface area contributed by atoms with Gasteiger partial charge in [-0.1, -0.05) is 0 Å². The van der Waals surface area contributed by atoms with Gasteiger partial charge in [0.05, 0.1) is 6.33 Å². The first-order chi connectivity index (χ1) is 10.1. The average Bonchev–Trinajstić information content (AvgIpc) is 2.95. The normalized spacial score (nSPS) is 15.6. The monoisotopic (exact) mass is 312 g/mol. The van der Waals surface area contributed by atoms with E-state index in [1.54, 1.807) is 4.57 Å². The van der Waals surface area contributed by atoms with E-state index in [2.05, 4.69) is 15.6 Å². The summed E-state index contributed by atoms with van der Waals surface area (Å²) < 4.78 is 1.64. The minimum atomic E-state index is -1.05. The van der Waals surface area contributed by atoms with Crippen LogP contribution < -0.4 is 10.6 Å². The van der Waals surface area contributed by atoms with E-state index in [0.29, 0.717) is 19.0 Å². The summed E-state index contributed by atoms with van der Waals surface area (Å²) in [6, 6.07) is -0.174. The van der Waals surface area contributed by atoms with Crippen LogP contribution in [0.25, 0.3) is 0 Å². The maximum absolute atomic E-state index is 11.6. The summed E-state index contributed by atoms with van der Waals surface area (Å²) in [6.07, 6.45) is 5.22. The number of urea groups is 1. The molecule has 0 aliphatic carbocycles. The van der Waals surface area contributed by atoms with Crippen LogP contribution >= 0.6 is 11.8 Å². The molecule has 0 atom stereocenters. The summed E-state index contributed by atoms with van der Waals surface area (Å²) in [5, 5.41) is 14.4. The number of hydrogen-bond donors (Lipinski definition) is 3. The molecule has 1 aliphatic rings. The number of amides is 2. The molecule has 1 aromatic heterocycles. The quantitative estimate of drug-likeness (QED) is 0.729. The van der Waals surface area contributed by atoms with E-state index in [1.807, 2.05) is 11.8 Å². The second-order valence-electron chi connectivity index (χ2n) is 4.99. The minimum Gasteiger partial charge on any atom is -0.476 e. The van der Waals surface area contributed by atoms with Crippen molar-refractivity contribution in [2.24, 2.45) is 5.92 Å². The molecule has 1 aromatic rings. The molecule has 2 rings (SSSR count). The molecule has 0 aromatic carbocycles. The van der Waals surface area contributed by atoms with Crippen molar-refractivity contribution in [3.8, 4) is 0 Å². The summed E-state index contributed by atoms with van der Waals surface area (Å²) in [7, 11) is 0. The molecule has 116 valence electrons. The summed E-state index contributed by atoms with van der Waals surface area (Å²) in [5.41, 5.74) is 0.00891. The van der Waals surface area contributed by atoms with Crippen molar-refractivity contribution in [3.63, 3.8) is 0 Å². The Morgan fingerprint density at radius 2 is 2.14 bits per heavy atom. The topological polar surface area (TPSA) is 96.2 Å². The smallest absolute Gasteiger partial charge is 0.356 e. The molecule has 1 aliphatic heterocycles. The average molecular weight is 312 g/mol. The number of imidazole rings is 1. The second kappa shape index (κ2) is 7.92. The number of carboxylic acid groups (broad SMARTS) is 1. The van der Waals surface area contributed by atoms with Gasteiger partial charge in [0.2, 0.25) is 0 Å². The van der Waals surface area contributed by atoms with Crippen LogP contribution in [0.5, 0.6) is 0 Å². The van der Waals surface area contributed by atoms with Gasteiger partial charge in [-0.05, 0) is 30.3 Å². The number of hydrogen-bond acceptors (Lipinski definition) is 4. The number of aromatic nitrogens is 2. The minimum absolute atomic E-state index is 0.00891. The molecule has 2 amide bonds. The zero-order valence-electron chi connectivity index (χ0n) is 11.7. The number of nitrogens with one attached hydrogen (secondary N) is 2.